The number of nitrogens with one attached hydrogen (secondary N) is 1. The van der Waals surface area contributed by atoms with Crippen LogP contribution in [0, 0.1) is 20.8 Å². The van der Waals surface area contributed by atoms with Crippen LogP contribution in [-0.4, -0.2) is 26.1 Å². The van der Waals surface area contributed by atoms with E-state index in [2.05, 4.69) is 20.8 Å². The molecule has 0 saturated carbocycles. The van der Waals surface area contributed by atoms with Gasteiger partial charge in [-0.15, -0.1) is 5.10 Å². The molecule has 0 unspecified atom stereocenters. The van der Waals surface area contributed by atoms with Crippen LogP contribution in [0.15, 0.2) is 42.7 Å². The molecule has 23 heavy (non-hydrogen) atoms. The Labute approximate surface area is 134 Å². The van der Waals surface area contributed by atoms with Crippen molar-refractivity contribution in [3.8, 4) is 5.69 Å². The molecule has 2 aromatic carbocycles. The van der Waals surface area contributed by atoms with Crippen molar-refractivity contribution in [2.45, 2.75) is 20.8 Å². The van der Waals surface area contributed by atoms with Crippen molar-refractivity contribution in [3.05, 3.63) is 65.0 Å². The molecule has 116 valence electrons. The Balaban J connectivity index is 1.83. The smallest absolute Gasteiger partial charge is 0.255 e. The lowest BCUT2D eigenvalue weighted by molar-refractivity contribution is 0.102. The number of benzene rings is 2. The van der Waals surface area contributed by atoms with E-state index in [0.29, 0.717) is 5.56 Å². The van der Waals surface area contributed by atoms with Gasteiger partial charge >= 0.3 is 0 Å². The molecule has 6 nitrogen and oxygen atoms in total. The maximum absolute atomic E-state index is 12.4. The number of tetrazole rings is 1. The first-order valence-corrected chi connectivity index (χ1v) is 7.27. The van der Waals surface area contributed by atoms with Crippen molar-refractivity contribution >= 4 is 11.6 Å². The summed E-state index contributed by atoms with van der Waals surface area (Å²) >= 11 is 0. The SMILES string of the molecule is Cc1ccc(C(=O)Nc2ccc(-n3cnnn3)c(C)c2)c(C)c1. The van der Waals surface area contributed by atoms with Crippen LogP contribution < -0.4 is 5.32 Å². The number of amides is 1. The molecule has 0 saturated heterocycles. The minimum absolute atomic E-state index is 0.114. The second kappa shape index (κ2) is 6.00. The van der Waals surface area contributed by atoms with Gasteiger partial charge in [0.05, 0.1) is 5.69 Å². The molecule has 1 heterocycles. The molecule has 1 amide bonds. The van der Waals surface area contributed by atoms with E-state index in [1.807, 2.05) is 57.2 Å². The predicted molar refractivity (Wildman–Crippen MR) is 87.8 cm³/mol. The van der Waals surface area contributed by atoms with E-state index in [0.717, 1.165) is 28.1 Å². The molecule has 0 aliphatic rings. The zero-order valence-corrected chi connectivity index (χ0v) is 13.2. The van der Waals surface area contributed by atoms with Gasteiger partial charge in [-0.25, -0.2) is 4.68 Å². The average molecular weight is 307 g/mol. The summed E-state index contributed by atoms with van der Waals surface area (Å²) in [6.07, 6.45) is 1.54. The van der Waals surface area contributed by atoms with Gasteiger partial charge in [0.25, 0.3) is 5.91 Å². The van der Waals surface area contributed by atoms with Gasteiger partial charge in [0.2, 0.25) is 0 Å². The summed E-state index contributed by atoms with van der Waals surface area (Å²) in [6.45, 7) is 5.90. The van der Waals surface area contributed by atoms with E-state index in [9.17, 15) is 4.79 Å². The number of hydrogen-bond acceptors (Lipinski definition) is 4. The number of rotatable bonds is 3. The van der Waals surface area contributed by atoms with E-state index in [-0.39, 0.29) is 5.91 Å². The summed E-state index contributed by atoms with van der Waals surface area (Å²) in [7, 11) is 0. The van der Waals surface area contributed by atoms with Crippen LogP contribution in [0.25, 0.3) is 5.69 Å². The summed E-state index contributed by atoms with van der Waals surface area (Å²) in [4.78, 5) is 12.4. The van der Waals surface area contributed by atoms with Crippen molar-refractivity contribution in [1.29, 1.82) is 0 Å². The molecule has 0 atom stereocenters. The molecule has 3 rings (SSSR count). The number of nitrogens with zero attached hydrogens (tertiary/aromatic N) is 4. The normalized spacial score (nSPS) is 10.6. The number of aromatic nitrogens is 4. The number of anilines is 1. The van der Waals surface area contributed by atoms with Crippen molar-refractivity contribution in [2.75, 3.05) is 5.32 Å². The fourth-order valence-corrected chi connectivity index (χ4v) is 2.53. The van der Waals surface area contributed by atoms with E-state index in [1.165, 1.54) is 6.33 Å². The van der Waals surface area contributed by atoms with Gasteiger partial charge in [0.1, 0.15) is 6.33 Å². The first-order chi connectivity index (χ1) is 11.0. The number of aryl methyl sites for hydroxylation is 3. The summed E-state index contributed by atoms with van der Waals surface area (Å²) < 4.78 is 1.59. The molecule has 0 aliphatic heterocycles. The lowest BCUT2D eigenvalue weighted by Gasteiger charge is -2.11. The van der Waals surface area contributed by atoms with Crippen molar-refractivity contribution < 1.29 is 4.79 Å². The van der Waals surface area contributed by atoms with E-state index in [4.69, 9.17) is 0 Å². The first-order valence-electron chi connectivity index (χ1n) is 7.27. The predicted octanol–water partition coefficient (Wildman–Crippen LogP) is 2.84. The second-order valence-electron chi connectivity index (χ2n) is 5.53. The average Bonchev–Trinajstić information content (AvgIpc) is 3.01. The standard InChI is InChI=1S/C17H17N5O/c1-11-4-6-15(12(2)8-11)17(23)19-14-5-7-16(13(3)9-14)22-10-18-20-21-22/h4-10H,1-3H3,(H,19,23). The monoisotopic (exact) mass is 307 g/mol. The van der Waals surface area contributed by atoms with E-state index in [1.54, 1.807) is 4.68 Å². The third-order valence-corrected chi connectivity index (χ3v) is 3.68. The Kier molecular flexibility index (Phi) is 3.89. The fourth-order valence-electron chi connectivity index (χ4n) is 2.53. The molecule has 1 aromatic heterocycles. The van der Waals surface area contributed by atoms with Crippen LogP contribution in [0.5, 0.6) is 0 Å². The lowest BCUT2D eigenvalue weighted by Crippen LogP contribution is -2.13. The van der Waals surface area contributed by atoms with Gasteiger partial charge in [-0.05, 0) is 66.6 Å². The van der Waals surface area contributed by atoms with Gasteiger partial charge in [-0.2, -0.15) is 0 Å². The third kappa shape index (κ3) is 3.11. The maximum atomic E-state index is 12.4. The van der Waals surface area contributed by atoms with Crippen LogP contribution >= 0.6 is 0 Å². The van der Waals surface area contributed by atoms with Crippen LogP contribution in [0.4, 0.5) is 5.69 Å². The van der Waals surface area contributed by atoms with Gasteiger partial charge in [0.15, 0.2) is 0 Å². The number of carbonyl (C=O) groups excluding carboxylic acids is 1. The Morgan fingerprint density at radius 3 is 2.52 bits per heavy atom. The molecule has 0 spiro atoms. The Hall–Kier alpha value is -3.02. The van der Waals surface area contributed by atoms with Crippen molar-refractivity contribution in [1.82, 2.24) is 20.2 Å². The largest absolute Gasteiger partial charge is 0.322 e. The molecule has 1 N–H and O–H groups in total. The molecular weight excluding hydrogens is 290 g/mol. The van der Waals surface area contributed by atoms with Crippen LogP contribution in [0.1, 0.15) is 27.0 Å². The summed E-state index contributed by atoms with van der Waals surface area (Å²) in [5.74, 6) is -0.114. The number of hydrogen-bond donors (Lipinski definition) is 1. The van der Waals surface area contributed by atoms with Crippen molar-refractivity contribution in [2.24, 2.45) is 0 Å². The third-order valence-electron chi connectivity index (χ3n) is 3.68. The highest BCUT2D eigenvalue weighted by Crippen LogP contribution is 2.19. The molecule has 0 bridgehead atoms. The van der Waals surface area contributed by atoms with Gasteiger partial charge < -0.3 is 5.32 Å². The zero-order chi connectivity index (χ0) is 16.4. The topological polar surface area (TPSA) is 72.7 Å². The molecular formula is C17H17N5O. The van der Waals surface area contributed by atoms with Crippen LogP contribution in [0.3, 0.4) is 0 Å². The minimum Gasteiger partial charge on any atom is -0.322 e. The van der Waals surface area contributed by atoms with Gasteiger partial charge in [0, 0.05) is 11.3 Å². The van der Waals surface area contributed by atoms with E-state index >= 15 is 0 Å². The summed E-state index contributed by atoms with van der Waals surface area (Å²) in [6, 6.07) is 11.4. The minimum atomic E-state index is -0.114. The highest BCUT2D eigenvalue weighted by atomic mass is 16.1. The van der Waals surface area contributed by atoms with Crippen LogP contribution in [-0.2, 0) is 0 Å². The summed E-state index contributed by atoms with van der Waals surface area (Å²) in [5, 5.41) is 14.1. The molecule has 3 aromatic rings. The van der Waals surface area contributed by atoms with Crippen molar-refractivity contribution in [3.63, 3.8) is 0 Å². The van der Waals surface area contributed by atoms with Crippen LogP contribution in [0.2, 0.25) is 0 Å². The zero-order valence-electron chi connectivity index (χ0n) is 13.2. The molecule has 6 heteroatoms. The Bertz CT molecular complexity index is 855. The fraction of sp³-hybridized carbons (Fsp3) is 0.176. The highest BCUT2D eigenvalue weighted by molar-refractivity contribution is 6.05. The van der Waals surface area contributed by atoms with Gasteiger partial charge in [-0.3, -0.25) is 4.79 Å². The number of carbonyl (C=O) groups is 1. The maximum Gasteiger partial charge on any atom is 0.255 e. The molecule has 0 radical (unpaired) electrons. The van der Waals surface area contributed by atoms with Gasteiger partial charge in [-0.1, -0.05) is 17.7 Å². The molecule has 0 fully saturated rings. The summed E-state index contributed by atoms with van der Waals surface area (Å²) in [5.41, 5.74) is 5.36. The lowest BCUT2D eigenvalue weighted by atomic mass is 10.0. The van der Waals surface area contributed by atoms with E-state index < -0.39 is 0 Å². The second-order valence-corrected chi connectivity index (χ2v) is 5.53. The highest BCUT2D eigenvalue weighted by Gasteiger charge is 2.10. The Morgan fingerprint density at radius 1 is 1.04 bits per heavy atom. The molecule has 0 aliphatic carbocycles. The first kappa shape index (κ1) is 14.9. The quantitative estimate of drug-likeness (QED) is 0.807. The Morgan fingerprint density at radius 2 is 1.87 bits per heavy atom.